The number of thioether (sulfide) groups is 1. The number of benzene rings is 3. The summed E-state index contributed by atoms with van der Waals surface area (Å²) < 4.78 is 5.35. The van der Waals surface area contributed by atoms with Crippen LogP contribution in [0.2, 0.25) is 0 Å². The van der Waals surface area contributed by atoms with Crippen molar-refractivity contribution in [1.82, 2.24) is 0 Å². The van der Waals surface area contributed by atoms with Crippen LogP contribution in [0.5, 0.6) is 5.75 Å². The van der Waals surface area contributed by atoms with Crippen molar-refractivity contribution in [2.75, 3.05) is 28.4 Å². The van der Waals surface area contributed by atoms with Crippen molar-refractivity contribution in [3.8, 4) is 11.8 Å². The summed E-state index contributed by atoms with van der Waals surface area (Å²) in [7, 11) is 1.59. The zero-order valence-electron chi connectivity index (χ0n) is 22.5. The first-order valence-electron chi connectivity index (χ1n) is 12.5. The van der Waals surface area contributed by atoms with Gasteiger partial charge in [-0.25, -0.2) is 0 Å². The molecule has 0 spiro atoms. The van der Waals surface area contributed by atoms with E-state index in [9.17, 15) is 14.9 Å². The Morgan fingerprint density at radius 3 is 2.39 bits per heavy atom. The Morgan fingerprint density at radius 2 is 1.66 bits per heavy atom. The van der Waals surface area contributed by atoms with Crippen LogP contribution < -0.4 is 26.0 Å². The molecule has 4 rings (SSSR count). The minimum Gasteiger partial charge on any atom is -0.495 e. The largest absolute Gasteiger partial charge is 0.495 e. The van der Waals surface area contributed by atoms with Gasteiger partial charge in [-0.15, -0.1) is 23.1 Å². The first-order valence-corrected chi connectivity index (χ1v) is 14.6. The maximum absolute atomic E-state index is 13.1. The third kappa shape index (κ3) is 7.64. The number of anilines is 4. The number of carbonyl (C=O) groups is 2. The highest BCUT2D eigenvalue weighted by Crippen LogP contribution is 2.34. The predicted octanol–water partition coefficient (Wildman–Crippen LogP) is 7.12. The summed E-state index contributed by atoms with van der Waals surface area (Å²) in [4.78, 5) is 27.2. The SMILES string of the molecule is COc1ccccc1NC(=S)Nc1cccc(SC(C)C(=O)Nc2sc(C(=O)Nc3ccccc3)c(C)c2C#N)c1. The number of para-hydroxylation sites is 3. The van der Waals surface area contributed by atoms with Crippen LogP contribution in [0.15, 0.2) is 83.8 Å². The first kappa shape index (κ1) is 29.6. The van der Waals surface area contributed by atoms with E-state index in [1.165, 1.54) is 11.8 Å². The molecular weight excluding hydrogens is 575 g/mol. The molecule has 0 aliphatic rings. The maximum atomic E-state index is 13.1. The number of nitrogens with one attached hydrogen (secondary N) is 4. The summed E-state index contributed by atoms with van der Waals surface area (Å²) in [6.45, 7) is 3.48. The van der Waals surface area contributed by atoms with E-state index in [-0.39, 0.29) is 17.4 Å². The van der Waals surface area contributed by atoms with Gasteiger partial charge < -0.3 is 26.0 Å². The molecule has 4 N–H and O–H groups in total. The lowest BCUT2D eigenvalue weighted by Gasteiger charge is -2.15. The lowest BCUT2D eigenvalue weighted by atomic mass is 10.1. The van der Waals surface area contributed by atoms with Gasteiger partial charge in [0.05, 0.1) is 28.5 Å². The van der Waals surface area contributed by atoms with E-state index in [2.05, 4.69) is 27.3 Å². The van der Waals surface area contributed by atoms with Gasteiger partial charge >= 0.3 is 0 Å². The van der Waals surface area contributed by atoms with Crippen LogP contribution in [-0.2, 0) is 4.79 Å². The van der Waals surface area contributed by atoms with Crippen molar-refractivity contribution in [2.24, 2.45) is 0 Å². The monoisotopic (exact) mass is 601 g/mol. The number of nitrogens with zero attached hydrogens (tertiary/aromatic N) is 1. The lowest BCUT2D eigenvalue weighted by Crippen LogP contribution is -2.22. The van der Waals surface area contributed by atoms with Crippen molar-refractivity contribution in [1.29, 1.82) is 5.26 Å². The zero-order valence-corrected chi connectivity index (χ0v) is 24.9. The molecule has 0 aliphatic heterocycles. The van der Waals surface area contributed by atoms with E-state index in [0.717, 1.165) is 27.6 Å². The zero-order chi connectivity index (χ0) is 29.4. The van der Waals surface area contributed by atoms with E-state index >= 15 is 0 Å². The Hall–Kier alpha value is -4.37. The highest BCUT2D eigenvalue weighted by atomic mass is 32.2. The summed E-state index contributed by atoms with van der Waals surface area (Å²) in [6, 6.07) is 26.2. The minimum atomic E-state index is -0.487. The third-order valence-corrected chi connectivity index (χ3v) is 8.37. The van der Waals surface area contributed by atoms with E-state index < -0.39 is 5.25 Å². The number of hydrogen-bond donors (Lipinski definition) is 4. The number of thiocarbonyl (C=S) groups is 1. The summed E-state index contributed by atoms with van der Waals surface area (Å²) in [5, 5.41) is 21.9. The lowest BCUT2D eigenvalue weighted by molar-refractivity contribution is -0.115. The Labute approximate surface area is 252 Å². The molecule has 1 atom stereocenters. The molecule has 4 aromatic rings. The van der Waals surface area contributed by atoms with E-state index in [4.69, 9.17) is 17.0 Å². The summed E-state index contributed by atoms with van der Waals surface area (Å²) >= 11 is 7.91. The van der Waals surface area contributed by atoms with Crippen LogP contribution in [0, 0.1) is 18.3 Å². The molecule has 1 unspecified atom stereocenters. The highest BCUT2D eigenvalue weighted by Gasteiger charge is 2.23. The molecule has 11 heteroatoms. The van der Waals surface area contributed by atoms with Gasteiger partial charge in [0.15, 0.2) is 5.11 Å². The second kappa shape index (κ2) is 13.8. The third-order valence-electron chi connectivity index (χ3n) is 5.86. The van der Waals surface area contributed by atoms with Crippen molar-refractivity contribution in [2.45, 2.75) is 24.0 Å². The number of ether oxygens (including phenoxy) is 1. The average molecular weight is 602 g/mol. The van der Waals surface area contributed by atoms with E-state index in [1.807, 2.05) is 66.7 Å². The average Bonchev–Trinajstić information content (AvgIpc) is 3.28. The van der Waals surface area contributed by atoms with Crippen molar-refractivity contribution < 1.29 is 14.3 Å². The number of nitriles is 1. The first-order chi connectivity index (χ1) is 19.8. The Balaban J connectivity index is 1.39. The van der Waals surface area contributed by atoms with Gasteiger partial charge in [-0.2, -0.15) is 5.26 Å². The molecular formula is C30H27N5O3S3. The molecule has 0 fully saturated rings. The number of amides is 2. The Morgan fingerprint density at radius 1 is 0.951 bits per heavy atom. The topological polar surface area (TPSA) is 115 Å². The van der Waals surface area contributed by atoms with Gasteiger partial charge in [0, 0.05) is 16.3 Å². The van der Waals surface area contributed by atoms with E-state index in [1.54, 1.807) is 33.1 Å². The van der Waals surface area contributed by atoms with Gasteiger partial charge in [-0.1, -0.05) is 36.4 Å². The van der Waals surface area contributed by atoms with Gasteiger partial charge in [-0.3, -0.25) is 9.59 Å². The Kier molecular flexibility index (Phi) is 9.97. The molecule has 1 aromatic heterocycles. The van der Waals surface area contributed by atoms with Gasteiger partial charge in [0.25, 0.3) is 5.91 Å². The molecule has 3 aromatic carbocycles. The van der Waals surface area contributed by atoms with E-state index in [0.29, 0.717) is 32.0 Å². The molecule has 41 heavy (non-hydrogen) atoms. The van der Waals surface area contributed by atoms with Crippen LogP contribution in [0.4, 0.5) is 22.1 Å². The second-order valence-electron chi connectivity index (χ2n) is 8.75. The van der Waals surface area contributed by atoms with Crippen LogP contribution >= 0.6 is 35.3 Å². The van der Waals surface area contributed by atoms with Crippen LogP contribution in [0.1, 0.15) is 27.7 Å². The van der Waals surface area contributed by atoms with Crippen molar-refractivity contribution in [3.63, 3.8) is 0 Å². The highest BCUT2D eigenvalue weighted by molar-refractivity contribution is 8.00. The summed E-state index contributed by atoms with van der Waals surface area (Å²) in [5.74, 6) is 0.0558. The maximum Gasteiger partial charge on any atom is 0.266 e. The van der Waals surface area contributed by atoms with Crippen LogP contribution in [0.25, 0.3) is 0 Å². The number of hydrogen-bond acceptors (Lipinski definition) is 7. The molecule has 208 valence electrons. The fourth-order valence-corrected chi connectivity index (χ4v) is 6.02. The van der Waals surface area contributed by atoms with Gasteiger partial charge in [0.2, 0.25) is 5.91 Å². The summed E-state index contributed by atoms with van der Waals surface area (Å²) in [5.41, 5.74) is 2.95. The molecule has 0 bridgehead atoms. The standard InChI is InChI=1S/C30H27N5O3S3/c1-18-23(17-31)29(41-26(18)28(37)32-20-10-5-4-6-11-20)35-27(36)19(2)40-22-13-9-12-21(16-22)33-30(39)34-24-14-7-8-15-25(24)38-3/h4-16,19H,1-3H3,(H,32,37)(H,35,36)(H2,33,34,39). The molecule has 8 nitrogen and oxygen atoms in total. The summed E-state index contributed by atoms with van der Waals surface area (Å²) in [6.07, 6.45) is 0. The van der Waals surface area contributed by atoms with Crippen LogP contribution in [-0.4, -0.2) is 29.3 Å². The second-order valence-corrected chi connectivity index (χ2v) is 11.6. The van der Waals surface area contributed by atoms with Crippen LogP contribution in [0.3, 0.4) is 0 Å². The Bertz CT molecular complexity index is 1620. The smallest absolute Gasteiger partial charge is 0.266 e. The fourth-order valence-electron chi connectivity index (χ4n) is 3.81. The molecule has 0 saturated carbocycles. The molecule has 0 aliphatic carbocycles. The number of carbonyl (C=O) groups excluding carboxylic acids is 2. The molecule has 0 radical (unpaired) electrons. The number of rotatable bonds is 9. The van der Waals surface area contributed by atoms with Crippen molar-refractivity contribution >= 4 is 74.3 Å². The van der Waals surface area contributed by atoms with Crippen molar-refractivity contribution in [3.05, 3.63) is 94.9 Å². The fraction of sp³-hybridized carbons (Fsp3) is 0.133. The van der Waals surface area contributed by atoms with Gasteiger partial charge in [0.1, 0.15) is 16.8 Å². The van der Waals surface area contributed by atoms with Gasteiger partial charge in [-0.05, 0) is 74.1 Å². The number of thiophene rings is 1. The molecule has 2 amide bonds. The quantitative estimate of drug-likeness (QED) is 0.118. The predicted molar refractivity (Wildman–Crippen MR) is 171 cm³/mol. The normalized spacial score (nSPS) is 11.1. The minimum absolute atomic E-state index is 0.279. The molecule has 0 saturated heterocycles. The molecule has 1 heterocycles. The number of methoxy groups -OCH3 is 1.